The topological polar surface area (TPSA) is 30.5 Å². The van der Waals surface area contributed by atoms with Crippen molar-refractivity contribution in [2.24, 2.45) is 0 Å². The Labute approximate surface area is 122 Å². The number of hydrogen-bond acceptors (Lipinski definition) is 4. The average molecular weight is 298 g/mol. The number of hydrogen-bond donors (Lipinski definition) is 1. The lowest BCUT2D eigenvalue weighted by molar-refractivity contribution is 0.285. The van der Waals surface area contributed by atoms with Crippen molar-refractivity contribution in [3.8, 4) is 11.5 Å². The third-order valence-corrected chi connectivity index (χ3v) is 3.65. The van der Waals surface area contributed by atoms with Gasteiger partial charge >= 0.3 is 0 Å². The quantitative estimate of drug-likeness (QED) is 0.882. The van der Waals surface area contributed by atoms with Crippen LogP contribution in [0.25, 0.3) is 0 Å². The van der Waals surface area contributed by atoms with Gasteiger partial charge in [0.1, 0.15) is 6.61 Å². The fraction of sp³-hybridized carbons (Fsp3) is 0.286. The first-order valence-corrected chi connectivity index (χ1v) is 7.21. The molecule has 0 atom stereocenters. The Morgan fingerprint density at radius 1 is 1.32 bits per heavy atom. The summed E-state index contributed by atoms with van der Waals surface area (Å²) in [4.78, 5) is 0. The Morgan fingerprint density at radius 2 is 2.16 bits per heavy atom. The van der Waals surface area contributed by atoms with Crippen LogP contribution < -0.4 is 14.8 Å². The maximum absolute atomic E-state index is 6.26. The second kappa shape index (κ2) is 6.80. The number of nitrogens with one attached hydrogen (secondary N) is 1. The van der Waals surface area contributed by atoms with Crippen LogP contribution in [0.15, 0.2) is 29.0 Å². The number of thiophene rings is 1. The Bertz CT molecular complexity index is 528. The van der Waals surface area contributed by atoms with Crippen molar-refractivity contribution < 1.29 is 9.47 Å². The molecule has 1 aromatic carbocycles. The lowest BCUT2D eigenvalue weighted by Gasteiger charge is -2.13. The van der Waals surface area contributed by atoms with Crippen LogP contribution in [0.4, 0.5) is 0 Å². The molecular weight excluding hydrogens is 282 g/mol. The zero-order valence-corrected chi connectivity index (χ0v) is 12.5. The fourth-order valence-corrected chi connectivity index (χ4v) is 2.69. The fourth-order valence-electron chi connectivity index (χ4n) is 1.75. The van der Waals surface area contributed by atoms with E-state index >= 15 is 0 Å². The predicted octanol–water partition coefficient (Wildman–Crippen LogP) is 3.71. The third-order valence-electron chi connectivity index (χ3n) is 2.63. The Kier molecular flexibility index (Phi) is 5.07. The average Bonchev–Trinajstić information content (AvgIpc) is 2.90. The van der Waals surface area contributed by atoms with Crippen LogP contribution in [0.3, 0.4) is 0 Å². The highest BCUT2D eigenvalue weighted by Gasteiger charge is 2.12. The number of rotatable bonds is 6. The van der Waals surface area contributed by atoms with Gasteiger partial charge in [0.25, 0.3) is 0 Å². The van der Waals surface area contributed by atoms with Crippen molar-refractivity contribution >= 4 is 22.9 Å². The standard InChI is InChI=1S/C14H16ClNO2S/c1-16-7-11-5-12(15)14(13(6-11)17-2)18-8-10-3-4-19-9-10/h3-6,9,16H,7-8H2,1-2H3. The van der Waals surface area contributed by atoms with Gasteiger partial charge in [-0.1, -0.05) is 11.6 Å². The van der Waals surface area contributed by atoms with Crippen molar-refractivity contribution in [1.82, 2.24) is 5.32 Å². The number of methoxy groups -OCH3 is 1. The summed E-state index contributed by atoms with van der Waals surface area (Å²) in [5.74, 6) is 1.25. The number of benzene rings is 1. The molecule has 0 aliphatic rings. The minimum atomic E-state index is 0.491. The van der Waals surface area contributed by atoms with Gasteiger partial charge in [-0.15, -0.1) is 0 Å². The molecule has 1 N–H and O–H groups in total. The van der Waals surface area contributed by atoms with Gasteiger partial charge in [0.15, 0.2) is 11.5 Å². The molecule has 0 unspecified atom stereocenters. The van der Waals surface area contributed by atoms with Crippen LogP contribution in [0.1, 0.15) is 11.1 Å². The summed E-state index contributed by atoms with van der Waals surface area (Å²) < 4.78 is 11.1. The van der Waals surface area contributed by atoms with Crippen LogP contribution in [-0.2, 0) is 13.2 Å². The van der Waals surface area contributed by atoms with Crippen LogP contribution in [-0.4, -0.2) is 14.2 Å². The molecular formula is C14H16ClNO2S. The van der Waals surface area contributed by atoms with Gasteiger partial charge in [-0.3, -0.25) is 0 Å². The summed E-state index contributed by atoms with van der Waals surface area (Å²) in [6.45, 7) is 1.23. The Hall–Kier alpha value is -1.23. The molecule has 0 saturated heterocycles. The Balaban J connectivity index is 2.18. The molecule has 5 heteroatoms. The number of halogens is 1. The van der Waals surface area contributed by atoms with Gasteiger partial charge in [0.2, 0.25) is 0 Å². The van der Waals surface area contributed by atoms with Crippen molar-refractivity contribution in [3.63, 3.8) is 0 Å². The molecule has 1 heterocycles. The molecule has 3 nitrogen and oxygen atoms in total. The van der Waals surface area contributed by atoms with Crippen molar-refractivity contribution in [1.29, 1.82) is 0 Å². The first-order chi connectivity index (χ1) is 9.24. The van der Waals surface area contributed by atoms with E-state index in [0.717, 1.165) is 17.7 Å². The second-order valence-corrected chi connectivity index (χ2v) is 5.25. The smallest absolute Gasteiger partial charge is 0.180 e. The predicted molar refractivity (Wildman–Crippen MR) is 79.4 cm³/mol. The lowest BCUT2D eigenvalue weighted by Crippen LogP contribution is -2.06. The zero-order chi connectivity index (χ0) is 13.7. The molecule has 102 valence electrons. The van der Waals surface area contributed by atoms with Crippen LogP contribution in [0, 0.1) is 0 Å². The molecule has 2 aromatic rings. The first-order valence-electron chi connectivity index (χ1n) is 5.89. The molecule has 0 spiro atoms. The Morgan fingerprint density at radius 3 is 2.79 bits per heavy atom. The summed E-state index contributed by atoms with van der Waals surface area (Å²) in [7, 11) is 3.51. The van der Waals surface area contributed by atoms with Crippen LogP contribution in [0.5, 0.6) is 11.5 Å². The maximum Gasteiger partial charge on any atom is 0.180 e. The maximum atomic E-state index is 6.26. The first kappa shape index (κ1) is 14.2. The summed E-state index contributed by atoms with van der Waals surface area (Å²) in [6.07, 6.45) is 0. The summed E-state index contributed by atoms with van der Waals surface area (Å²) in [5, 5.41) is 7.72. The molecule has 0 fully saturated rings. The van der Waals surface area contributed by atoms with Crippen molar-refractivity contribution in [2.45, 2.75) is 13.2 Å². The van der Waals surface area contributed by atoms with Gasteiger partial charge < -0.3 is 14.8 Å². The van der Waals surface area contributed by atoms with E-state index in [0.29, 0.717) is 23.1 Å². The van der Waals surface area contributed by atoms with E-state index in [2.05, 4.69) is 10.7 Å². The van der Waals surface area contributed by atoms with Gasteiger partial charge in [0, 0.05) is 6.54 Å². The molecule has 0 aliphatic carbocycles. The molecule has 0 saturated carbocycles. The van der Waals surface area contributed by atoms with E-state index in [-0.39, 0.29) is 0 Å². The van der Waals surface area contributed by atoms with E-state index in [1.807, 2.05) is 30.6 Å². The van der Waals surface area contributed by atoms with Crippen LogP contribution in [0.2, 0.25) is 5.02 Å². The highest BCUT2D eigenvalue weighted by molar-refractivity contribution is 7.07. The minimum absolute atomic E-state index is 0.491. The third kappa shape index (κ3) is 3.62. The normalized spacial score (nSPS) is 10.5. The monoisotopic (exact) mass is 297 g/mol. The summed E-state index contributed by atoms with van der Waals surface area (Å²) >= 11 is 7.90. The molecule has 1 aromatic heterocycles. The molecule has 0 amide bonds. The highest BCUT2D eigenvalue weighted by atomic mass is 35.5. The van der Waals surface area contributed by atoms with E-state index < -0.39 is 0 Å². The minimum Gasteiger partial charge on any atom is -0.493 e. The van der Waals surface area contributed by atoms with Crippen LogP contribution >= 0.6 is 22.9 Å². The van der Waals surface area contributed by atoms with E-state index in [1.165, 1.54) is 0 Å². The molecule has 19 heavy (non-hydrogen) atoms. The zero-order valence-electron chi connectivity index (χ0n) is 10.9. The van der Waals surface area contributed by atoms with Gasteiger partial charge in [-0.05, 0) is 47.1 Å². The van der Waals surface area contributed by atoms with Crippen molar-refractivity contribution in [2.75, 3.05) is 14.2 Å². The van der Waals surface area contributed by atoms with Gasteiger partial charge in [-0.2, -0.15) is 11.3 Å². The molecule has 0 radical (unpaired) electrons. The summed E-state index contributed by atoms with van der Waals surface area (Å²) in [6, 6.07) is 5.86. The SMILES string of the molecule is CNCc1cc(Cl)c(OCc2ccsc2)c(OC)c1. The summed E-state index contributed by atoms with van der Waals surface area (Å²) in [5.41, 5.74) is 2.19. The molecule has 0 bridgehead atoms. The van der Waals surface area contributed by atoms with Crippen molar-refractivity contribution in [3.05, 3.63) is 45.1 Å². The number of ether oxygens (including phenoxy) is 2. The second-order valence-electron chi connectivity index (χ2n) is 4.06. The van der Waals surface area contributed by atoms with Gasteiger partial charge in [0.05, 0.1) is 12.1 Å². The largest absolute Gasteiger partial charge is 0.493 e. The van der Waals surface area contributed by atoms with E-state index in [9.17, 15) is 0 Å². The highest BCUT2D eigenvalue weighted by Crippen LogP contribution is 2.37. The van der Waals surface area contributed by atoms with Gasteiger partial charge in [-0.25, -0.2) is 0 Å². The molecule has 2 rings (SSSR count). The lowest BCUT2D eigenvalue weighted by atomic mass is 10.2. The molecule has 0 aliphatic heterocycles. The van der Waals surface area contributed by atoms with E-state index in [1.54, 1.807) is 18.4 Å². The van der Waals surface area contributed by atoms with E-state index in [4.69, 9.17) is 21.1 Å².